The maximum absolute atomic E-state index is 9.49. The van der Waals surface area contributed by atoms with Gasteiger partial charge in [0.25, 0.3) is 0 Å². The molecule has 88 valence electrons. The molecule has 2 N–H and O–H groups in total. The molecule has 0 aliphatic rings. The van der Waals surface area contributed by atoms with Crippen molar-refractivity contribution in [2.45, 2.75) is 25.9 Å². The second-order valence-electron chi connectivity index (χ2n) is 3.65. The van der Waals surface area contributed by atoms with Gasteiger partial charge in [-0.2, -0.15) is 0 Å². The highest BCUT2D eigenvalue weighted by Crippen LogP contribution is 2.04. The average molecular weight is 221 g/mol. The standard InChI is InChI=1S/C13H19NO2/c1-3-9-14-13(11(2)15)16-10-12-7-5-4-6-8-12/h3-8,11,13-15H,1,9-10H2,2H3. The molecule has 0 radical (unpaired) electrons. The first kappa shape index (κ1) is 12.9. The summed E-state index contributed by atoms with van der Waals surface area (Å²) in [6.45, 7) is 6.41. The Balaban J connectivity index is 2.40. The molecule has 1 aromatic carbocycles. The van der Waals surface area contributed by atoms with E-state index in [2.05, 4.69) is 11.9 Å². The molecule has 0 heterocycles. The smallest absolute Gasteiger partial charge is 0.134 e. The van der Waals surface area contributed by atoms with Crippen LogP contribution in [-0.4, -0.2) is 24.0 Å². The van der Waals surface area contributed by atoms with Crippen molar-refractivity contribution < 1.29 is 9.84 Å². The van der Waals surface area contributed by atoms with Crippen LogP contribution in [0.2, 0.25) is 0 Å². The summed E-state index contributed by atoms with van der Waals surface area (Å²) in [5, 5.41) is 12.5. The van der Waals surface area contributed by atoms with Gasteiger partial charge in [0.05, 0.1) is 12.7 Å². The molecule has 0 saturated carbocycles. The summed E-state index contributed by atoms with van der Waals surface area (Å²) in [7, 11) is 0. The minimum Gasteiger partial charge on any atom is -0.389 e. The number of aliphatic hydroxyl groups excluding tert-OH is 1. The van der Waals surface area contributed by atoms with Gasteiger partial charge in [0.1, 0.15) is 6.23 Å². The lowest BCUT2D eigenvalue weighted by Gasteiger charge is -2.21. The zero-order valence-electron chi connectivity index (χ0n) is 9.60. The van der Waals surface area contributed by atoms with Crippen molar-refractivity contribution in [1.29, 1.82) is 0 Å². The zero-order chi connectivity index (χ0) is 11.8. The molecule has 16 heavy (non-hydrogen) atoms. The highest BCUT2D eigenvalue weighted by molar-refractivity contribution is 5.13. The van der Waals surface area contributed by atoms with E-state index >= 15 is 0 Å². The second-order valence-corrected chi connectivity index (χ2v) is 3.65. The molecule has 2 atom stereocenters. The lowest BCUT2D eigenvalue weighted by molar-refractivity contribution is -0.0549. The molecule has 0 fully saturated rings. The van der Waals surface area contributed by atoms with Crippen molar-refractivity contribution in [2.24, 2.45) is 0 Å². The van der Waals surface area contributed by atoms with Crippen molar-refractivity contribution in [3.8, 4) is 0 Å². The molecule has 1 aromatic rings. The minimum absolute atomic E-state index is 0.363. The summed E-state index contributed by atoms with van der Waals surface area (Å²) in [5.74, 6) is 0. The van der Waals surface area contributed by atoms with E-state index in [1.54, 1.807) is 13.0 Å². The molecule has 3 nitrogen and oxygen atoms in total. The first-order valence-electron chi connectivity index (χ1n) is 5.42. The van der Waals surface area contributed by atoms with Gasteiger partial charge >= 0.3 is 0 Å². The van der Waals surface area contributed by atoms with E-state index in [1.807, 2.05) is 30.3 Å². The van der Waals surface area contributed by atoms with Gasteiger partial charge in [0.15, 0.2) is 0 Å². The predicted octanol–water partition coefficient (Wildman–Crippen LogP) is 1.69. The summed E-state index contributed by atoms with van der Waals surface area (Å²) in [4.78, 5) is 0. The SMILES string of the molecule is C=CCNC(OCc1ccccc1)C(C)O. The monoisotopic (exact) mass is 221 g/mol. The van der Waals surface area contributed by atoms with Crippen molar-refractivity contribution in [2.75, 3.05) is 6.54 Å². The molecule has 3 heteroatoms. The molecule has 0 aromatic heterocycles. The van der Waals surface area contributed by atoms with Crippen LogP contribution in [0.25, 0.3) is 0 Å². The van der Waals surface area contributed by atoms with Crippen LogP contribution in [0.4, 0.5) is 0 Å². The molecule has 0 bridgehead atoms. The third-order valence-corrected chi connectivity index (χ3v) is 2.17. The zero-order valence-corrected chi connectivity index (χ0v) is 9.60. The molecule has 1 rings (SSSR count). The fourth-order valence-corrected chi connectivity index (χ4v) is 1.33. The Labute approximate surface area is 96.8 Å². The Kier molecular flexibility index (Phi) is 5.78. The van der Waals surface area contributed by atoms with E-state index in [0.717, 1.165) is 5.56 Å². The summed E-state index contributed by atoms with van der Waals surface area (Å²) in [6.07, 6.45) is 0.822. The maximum Gasteiger partial charge on any atom is 0.134 e. The van der Waals surface area contributed by atoms with Gasteiger partial charge in [-0.05, 0) is 12.5 Å². The van der Waals surface area contributed by atoms with Gasteiger partial charge < -0.3 is 9.84 Å². The lowest BCUT2D eigenvalue weighted by atomic mass is 10.2. The van der Waals surface area contributed by atoms with Crippen molar-refractivity contribution in [1.82, 2.24) is 5.32 Å². The Bertz CT molecular complexity index is 298. The van der Waals surface area contributed by atoms with Gasteiger partial charge in [0, 0.05) is 6.54 Å². The van der Waals surface area contributed by atoms with E-state index in [-0.39, 0.29) is 6.23 Å². The Morgan fingerprint density at radius 1 is 1.44 bits per heavy atom. The predicted molar refractivity (Wildman–Crippen MR) is 64.9 cm³/mol. The van der Waals surface area contributed by atoms with E-state index in [1.165, 1.54) is 0 Å². The Morgan fingerprint density at radius 2 is 2.12 bits per heavy atom. The topological polar surface area (TPSA) is 41.5 Å². The fraction of sp³-hybridized carbons (Fsp3) is 0.385. The van der Waals surface area contributed by atoms with Crippen LogP contribution in [0.3, 0.4) is 0 Å². The van der Waals surface area contributed by atoms with Crippen LogP contribution in [0, 0.1) is 0 Å². The summed E-state index contributed by atoms with van der Waals surface area (Å²) >= 11 is 0. The number of hydrogen-bond donors (Lipinski definition) is 2. The first-order chi connectivity index (χ1) is 7.74. The van der Waals surface area contributed by atoms with Crippen LogP contribution >= 0.6 is 0 Å². The van der Waals surface area contributed by atoms with E-state index in [4.69, 9.17) is 4.74 Å². The third kappa shape index (κ3) is 4.57. The molecule has 2 unspecified atom stereocenters. The Morgan fingerprint density at radius 3 is 2.69 bits per heavy atom. The van der Waals surface area contributed by atoms with E-state index < -0.39 is 6.10 Å². The first-order valence-corrected chi connectivity index (χ1v) is 5.42. The normalized spacial score (nSPS) is 14.4. The third-order valence-electron chi connectivity index (χ3n) is 2.17. The molecule has 0 aliphatic heterocycles. The largest absolute Gasteiger partial charge is 0.389 e. The van der Waals surface area contributed by atoms with Gasteiger partial charge in [-0.25, -0.2) is 0 Å². The molecule has 0 saturated heterocycles. The van der Waals surface area contributed by atoms with Crippen LogP contribution in [-0.2, 0) is 11.3 Å². The molecule has 0 amide bonds. The van der Waals surface area contributed by atoms with Gasteiger partial charge in [-0.15, -0.1) is 6.58 Å². The van der Waals surface area contributed by atoms with Gasteiger partial charge in [-0.1, -0.05) is 36.4 Å². The van der Waals surface area contributed by atoms with Crippen molar-refractivity contribution in [3.05, 3.63) is 48.6 Å². The molecular formula is C13H19NO2. The van der Waals surface area contributed by atoms with Gasteiger partial charge in [0.2, 0.25) is 0 Å². The number of benzene rings is 1. The molecule has 0 spiro atoms. The number of ether oxygens (including phenoxy) is 1. The summed E-state index contributed by atoms with van der Waals surface area (Å²) in [6, 6.07) is 9.88. The van der Waals surface area contributed by atoms with Crippen molar-refractivity contribution >= 4 is 0 Å². The number of rotatable bonds is 7. The van der Waals surface area contributed by atoms with Crippen LogP contribution in [0.5, 0.6) is 0 Å². The maximum atomic E-state index is 9.49. The van der Waals surface area contributed by atoms with Crippen LogP contribution in [0.1, 0.15) is 12.5 Å². The van der Waals surface area contributed by atoms with E-state index in [0.29, 0.717) is 13.2 Å². The second kappa shape index (κ2) is 7.17. The lowest BCUT2D eigenvalue weighted by Crippen LogP contribution is -2.40. The number of nitrogens with one attached hydrogen (secondary N) is 1. The summed E-state index contributed by atoms with van der Waals surface area (Å²) in [5.41, 5.74) is 1.09. The fourth-order valence-electron chi connectivity index (χ4n) is 1.33. The van der Waals surface area contributed by atoms with Crippen LogP contribution in [0.15, 0.2) is 43.0 Å². The number of aliphatic hydroxyl groups is 1. The van der Waals surface area contributed by atoms with Crippen molar-refractivity contribution in [3.63, 3.8) is 0 Å². The molecular weight excluding hydrogens is 202 g/mol. The minimum atomic E-state index is -0.552. The van der Waals surface area contributed by atoms with Gasteiger partial charge in [-0.3, -0.25) is 5.32 Å². The number of hydrogen-bond acceptors (Lipinski definition) is 3. The summed E-state index contributed by atoms with van der Waals surface area (Å²) < 4.78 is 5.58. The quantitative estimate of drug-likeness (QED) is 0.544. The average Bonchev–Trinajstić information content (AvgIpc) is 2.30. The molecule has 0 aliphatic carbocycles. The highest BCUT2D eigenvalue weighted by atomic mass is 16.5. The Hall–Kier alpha value is -1.16. The highest BCUT2D eigenvalue weighted by Gasteiger charge is 2.13. The van der Waals surface area contributed by atoms with Crippen LogP contribution < -0.4 is 5.32 Å². The van der Waals surface area contributed by atoms with E-state index in [9.17, 15) is 5.11 Å².